The number of urea groups is 1. The first kappa shape index (κ1) is 18.5. The molecule has 2 atom stereocenters. The monoisotopic (exact) mass is 370 g/mol. The number of carbonyl (C=O) groups excluding carboxylic acids is 2. The van der Waals surface area contributed by atoms with E-state index in [4.69, 9.17) is 4.74 Å². The second kappa shape index (κ2) is 7.53. The first-order valence-electron chi connectivity index (χ1n) is 8.73. The van der Waals surface area contributed by atoms with Gasteiger partial charge in [-0.25, -0.2) is 4.79 Å². The minimum atomic E-state index is -0.520. The van der Waals surface area contributed by atoms with E-state index < -0.39 is 12.1 Å². The number of nitrogens with zero attached hydrogens (tertiary/aromatic N) is 1. The van der Waals surface area contributed by atoms with E-state index in [1.165, 1.54) is 4.57 Å². The van der Waals surface area contributed by atoms with E-state index in [-0.39, 0.29) is 23.2 Å². The molecule has 3 N–H and O–H groups in total. The summed E-state index contributed by atoms with van der Waals surface area (Å²) in [6, 6.07) is 7.77. The van der Waals surface area contributed by atoms with Crippen LogP contribution in [0.2, 0.25) is 0 Å². The Kier molecular flexibility index (Phi) is 5.16. The molecule has 0 bridgehead atoms. The van der Waals surface area contributed by atoms with Crippen LogP contribution in [0.3, 0.4) is 0 Å². The second-order valence-corrected chi connectivity index (χ2v) is 6.42. The summed E-state index contributed by atoms with van der Waals surface area (Å²) in [6.45, 7) is 3.70. The number of hydrogen-bond acceptors (Lipinski definition) is 4. The van der Waals surface area contributed by atoms with E-state index >= 15 is 0 Å². The molecule has 27 heavy (non-hydrogen) atoms. The number of aromatic nitrogens is 1. The number of aryl methyl sites for hydroxylation is 1. The van der Waals surface area contributed by atoms with Gasteiger partial charge >= 0.3 is 6.03 Å². The first-order chi connectivity index (χ1) is 12.9. The van der Waals surface area contributed by atoms with Crippen molar-refractivity contribution >= 4 is 23.3 Å². The van der Waals surface area contributed by atoms with Crippen LogP contribution in [-0.4, -0.2) is 22.6 Å². The smallest absolute Gasteiger partial charge is 0.319 e. The third-order valence-corrected chi connectivity index (χ3v) is 4.42. The van der Waals surface area contributed by atoms with Crippen LogP contribution in [0.1, 0.15) is 31.9 Å². The van der Waals surface area contributed by atoms with Crippen molar-refractivity contribution in [3.8, 4) is 5.75 Å². The number of hydrogen-bond donors (Lipinski definition) is 3. The van der Waals surface area contributed by atoms with Crippen LogP contribution in [0.5, 0.6) is 5.75 Å². The van der Waals surface area contributed by atoms with Crippen molar-refractivity contribution in [1.82, 2.24) is 9.88 Å². The molecule has 0 spiro atoms. The molecule has 2 unspecified atom stereocenters. The van der Waals surface area contributed by atoms with Gasteiger partial charge in [-0.3, -0.25) is 9.59 Å². The Bertz CT molecular complexity index is 938. The fourth-order valence-electron chi connectivity index (χ4n) is 2.83. The molecule has 1 aliphatic heterocycles. The summed E-state index contributed by atoms with van der Waals surface area (Å²) >= 11 is 0. The number of fused-ring (bicyclic) bond motifs is 1. The molecule has 0 saturated heterocycles. The van der Waals surface area contributed by atoms with Gasteiger partial charge < -0.3 is 25.3 Å². The summed E-state index contributed by atoms with van der Waals surface area (Å²) in [4.78, 5) is 36.1. The number of rotatable bonds is 4. The average Bonchev–Trinajstić information content (AvgIpc) is 2.64. The molecule has 0 aliphatic carbocycles. The van der Waals surface area contributed by atoms with Gasteiger partial charge in [0.2, 0.25) is 0 Å². The maximum atomic E-state index is 12.2. The van der Waals surface area contributed by atoms with Crippen LogP contribution < -0.4 is 26.2 Å². The number of nitrogens with one attached hydrogen (secondary N) is 3. The van der Waals surface area contributed by atoms with Gasteiger partial charge in [0.15, 0.2) is 6.10 Å². The van der Waals surface area contributed by atoms with Crippen LogP contribution in [0, 0.1) is 0 Å². The van der Waals surface area contributed by atoms with Crippen LogP contribution in [0.4, 0.5) is 16.2 Å². The predicted octanol–water partition coefficient (Wildman–Crippen LogP) is 2.38. The van der Waals surface area contributed by atoms with Crippen LogP contribution in [0.25, 0.3) is 0 Å². The summed E-state index contributed by atoms with van der Waals surface area (Å²) in [5.41, 5.74) is 1.34. The van der Waals surface area contributed by atoms with E-state index in [1.54, 1.807) is 43.6 Å². The minimum Gasteiger partial charge on any atom is -0.478 e. The van der Waals surface area contributed by atoms with Gasteiger partial charge in [-0.2, -0.15) is 0 Å². The van der Waals surface area contributed by atoms with Gasteiger partial charge in [0.05, 0.1) is 11.7 Å². The largest absolute Gasteiger partial charge is 0.478 e. The molecule has 1 aliphatic rings. The van der Waals surface area contributed by atoms with Crippen molar-refractivity contribution in [3.63, 3.8) is 0 Å². The lowest BCUT2D eigenvalue weighted by molar-refractivity contribution is -0.123. The van der Waals surface area contributed by atoms with Gasteiger partial charge in [-0.05, 0) is 43.2 Å². The summed E-state index contributed by atoms with van der Waals surface area (Å²) < 4.78 is 7.12. The lowest BCUT2D eigenvalue weighted by Crippen LogP contribution is -2.36. The highest BCUT2D eigenvalue weighted by Crippen LogP contribution is 2.32. The normalized spacial score (nSPS) is 16.6. The molecule has 8 heteroatoms. The van der Waals surface area contributed by atoms with Gasteiger partial charge in [0, 0.05) is 13.2 Å². The van der Waals surface area contributed by atoms with E-state index in [0.717, 1.165) is 5.56 Å². The van der Waals surface area contributed by atoms with Crippen molar-refractivity contribution in [2.24, 2.45) is 7.05 Å². The average molecular weight is 370 g/mol. The molecule has 142 valence electrons. The number of pyridine rings is 1. The summed E-state index contributed by atoms with van der Waals surface area (Å²) in [5.74, 6) is 0.415. The molecular formula is C19H22N4O4. The molecule has 0 fully saturated rings. The Balaban J connectivity index is 1.70. The standard InChI is InChI=1S/C19H22N4O4/c1-4-15-17(24)21-13-8-7-12(10-16(13)27-15)11(2)20-19(26)22-14-6-5-9-23(3)18(14)25/h5-11,15H,4H2,1-3H3,(H,21,24)(H2,20,22,26). The molecule has 1 aromatic carbocycles. The number of ether oxygens (including phenoxy) is 1. The highest BCUT2D eigenvalue weighted by molar-refractivity contribution is 5.97. The highest BCUT2D eigenvalue weighted by Gasteiger charge is 2.26. The Hall–Kier alpha value is -3.29. The minimum absolute atomic E-state index is 0.159. The van der Waals surface area contributed by atoms with E-state index in [0.29, 0.717) is 17.9 Å². The van der Waals surface area contributed by atoms with Crippen LogP contribution in [-0.2, 0) is 11.8 Å². The molecule has 3 rings (SSSR count). The Morgan fingerprint density at radius 2 is 2.11 bits per heavy atom. The van der Waals surface area contributed by atoms with Crippen LogP contribution in [0.15, 0.2) is 41.3 Å². The number of carbonyl (C=O) groups is 2. The molecule has 0 radical (unpaired) electrons. The summed E-state index contributed by atoms with van der Waals surface area (Å²) in [6.07, 6.45) is 1.66. The second-order valence-electron chi connectivity index (χ2n) is 6.42. The Morgan fingerprint density at radius 3 is 2.85 bits per heavy atom. The number of amides is 3. The van der Waals surface area contributed by atoms with Crippen molar-refractivity contribution in [2.75, 3.05) is 10.6 Å². The van der Waals surface area contributed by atoms with Gasteiger partial charge in [0.1, 0.15) is 11.4 Å². The Labute approximate surface area is 156 Å². The summed E-state index contributed by atoms with van der Waals surface area (Å²) in [5, 5.41) is 8.17. The van der Waals surface area contributed by atoms with Crippen LogP contribution >= 0.6 is 0 Å². The topological polar surface area (TPSA) is 101 Å². The van der Waals surface area contributed by atoms with Gasteiger partial charge in [0.25, 0.3) is 11.5 Å². The zero-order valence-electron chi connectivity index (χ0n) is 15.4. The van der Waals surface area contributed by atoms with Crippen molar-refractivity contribution in [2.45, 2.75) is 32.4 Å². The van der Waals surface area contributed by atoms with E-state index in [1.807, 2.05) is 13.8 Å². The van der Waals surface area contributed by atoms with Crippen molar-refractivity contribution < 1.29 is 14.3 Å². The third kappa shape index (κ3) is 3.94. The quantitative estimate of drug-likeness (QED) is 0.769. The molecular weight excluding hydrogens is 348 g/mol. The third-order valence-electron chi connectivity index (χ3n) is 4.42. The van der Waals surface area contributed by atoms with Crippen molar-refractivity contribution in [1.29, 1.82) is 0 Å². The summed E-state index contributed by atoms with van der Waals surface area (Å²) in [7, 11) is 1.61. The van der Waals surface area contributed by atoms with Gasteiger partial charge in [-0.1, -0.05) is 13.0 Å². The number of anilines is 2. The highest BCUT2D eigenvalue weighted by atomic mass is 16.5. The fraction of sp³-hybridized carbons (Fsp3) is 0.316. The first-order valence-corrected chi connectivity index (χ1v) is 8.73. The molecule has 2 heterocycles. The predicted molar refractivity (Wildman–Crippen MR) is 102 cm³/mol. The lowest BCUT2D eigenvalue weighted by Gasteiger charge is -2.26. The molecule has 3 amide bonds. The van der Waals surface area contributed by atoms with E-state index in [9.17, 15) is 14.4 Å². The maximum absolute atomic E-state index is 12.2. The SMILES string of the molecule is CCC1Oc2cc(C(C)NC(=O)Nc3cccn(C)c3=O)ccc2NC1=O. The zero-order valence-corrected chi connectivity index (χ0v) is 15.4. The van der Waals surface area contributed by atoms with E-state index in [2.05, 4.69) is 16.0 Å². The molecule has 1 aromatic heterocycles. The lowest BCUT2D eigenvalue weighted by atomic mass is 10.1. The molecule has 2 aromatic rings. The van der Waals surface area contributed by atoms with Crippen molar-refractivity contribution in [3.05, 3.63) is 52.4 Å². The zero-order chi connectivity index (χ0) is 19.6. The van der Waals surface area contributed by atoms with Gasteiger partial charge in [-0.15, -0.1) is 0 Å². The molecule has 8 nitrogen and oxygen atoms in total. The fourth-order valence-corrected chi connectivity index (χ4v) is 2.83. The maximum Gasteiger partial charge on any atom is 0.319 e. The Morgan fingerprint density at radius 1 is 1.33 bits per heavy atom. The molecule has 0 saturated carbocycles. The number of benzene rings is 1.